The molecule has 3 amide bonds. The minimum atomic E-state index is -0.234. The fraction of sp³-hybridized carbons (Fsp3) is 0.778. The first kappa shape index (κ1) is 12.7. The molecule has 5 heteroatoms. The second-order valence-electron chi connectivity index (χ2n) is 3.55. The van der Waals surface area contributed by atoms with Gasteiger partial charge in [-0.2, -0.15) is 0 Å². The van der Waals surface area contributed by atoms with Crippen LogP contribution in [-0.4, -0.2) is 61.0 Å². The highest BCUT2D eigenvalue weighted by atomic mass is 16.2. The minimum absolute atomic E-state index is 0.0593. The second kappa shape index (κ2) is 4.83. The van der Waals surface area contributed by atoms with Gasteiger partial charge in [0.05, 0.1) is 0 Å². The molecular weight excluding hydrogens is 182 g/mol. The van der Waals surface area contributed by atoms with Crippen molar-refractivity contribution in [3.63, 3.8) is 0 Å². The zero-order valence-corrected chi connectivity index (χ0v) is 9.74. The van der Waals surface area contributed by atoms with Gasteiger partial charge in [-0.3, -0.25) is 4.79 Å². The standard InChI is InChI=1S/C9H19N3O2/c1-7(11(5)8(2)13)12(6)9(14)10(3)4/h7H,1-6H3. The monoisotopic (exact) mass is 201 g/mol. The van der Waals surface area contributed by atoms with Gasteiger partial charge in [-0.05, 0) is 6.92 Å². The van der Waals surface area contributed by atoms with Crippen molar-refractivity contribution in [3.05, 3.63) is 0 Å². The number of hydrogen-bond acceptors (Lipinski definition) is 2. The molecule has 0 N–H and O–H groups in total. The Balaban J connectivity index is 4.46. The van der Waals surface area contributed by atoms with Gasteiger partial charge in [0.25, 0.3) is 0 Å². The van der Waals surface area contributed by atoms with Gasteiger partial charge in [-0.15, -0.1) is 0 Å². The van der Waals surface area contributed by atoms with Gasteiger partial charge in [0.1, 0.15) is 6.17 Å². The van der Waals surface area contributed by atoms with Gasteiger partial charge in [0.15, 0.2) is 0 Å². The summed E-state index contributed by atoms with van der Waals surface area (Å²) in [5, 5.41) is 0. The van der Waals surface area contributed by atoms with Gasteiger partial charge >= 0.3 is 6.03 Å². The minimum Gasteiger partial charge on any atom is -0.331 e. The molecule has 0 aliphatic rings. The van der Waals surface area contributed by atoms with Crippen LogP contribution in [0.25, 0.3) is 0 Å². The van der Waals surface area contributed by atoms with Crippen LogP contribution in [0.2, 0.25) is 0 Å². The molecular formula is C9H19N3O2. The van der Waals surface area contributed by atoms with Crippen LogP contribution in [0.15, 0.2) is 0 Å². The summed E-state index contributed by atoms with van der Waals surface area (Å²) in [7, 11) is 6.71. The molecule has 0 heterocycles. The molecule has 5 nitrogen and oxygen atoms in total. The number of rotatable bonds is 2. The zero-order valence-electron chi connectivity index (χ0n) is 9.74. The van der Waals surface area contributed by atoms with E-state index in [9.17, 15) is 9.59 Å². The van der Waals surface area contributed by atoms with Crippen molar-refractivity contribution in [2.24, 2.45) is 0 Å². The van der Waals surface area contributed by atoms with Crippen LogP contribution in [0.4, 0.5) is 4.79 Å². The van der Waals surface area contributed by atoms with E-state index >= 15 is 0 Å². The molecule has 0 saturated carbocycles. The first-order chi connectivity index (χ1) is 6.29. The molecule has 0 aromatic carbocycles. The summed E-state index contributed by atoms with van der Waals surface area (Å²) in [6, 6.07) is -0.120. The quantitative estimate of drug-likeness (QED) is 0.608. The summed E-state index contributed by atoms with van der Waals surface area (Å²) in [5.41, 5.74) is 0. The average molecular weight is 201 g/mol. The normalized spacial score (nSPS) is 11.9. The topological polar surface area (TPSA) is 43.9 Å². The number of urea groups is 1. The first-order valence-electron chi connectivity index (χ1n) is 4.46. The molecule has 0 aliphatic heterocycles. The van der Waals surface area contributed by atoms with Crippen LogP contribution >= 0.6 is 0 Å². The Kier molecular flexibility index (Phi) is 4.40. The fourth-order valence-electron chi connectivity index (χ4n) is 0.998. The van der Waals surface area contributed by atoms with Crippen molar-refractivity contribution in [2.75, 3.05) is 28.2 Å². The molecule has 0 spiro atoms. The summed E-state index contributed by atoms with van der Waals surface area (Å²) in [4.78, 5) is 27.1. The van der Waals surface area contributed by atoms with E-state index in [-0.39, 0.29) is 18.1 Å². The number of amides is 3. The van der Waals surface area contributed by atoms with Crippen LogP contribution in [0.5, 0.6) is 0 Å². The summed E-state index contributed by atoms with van der Waals surface area (Å²) in [6.45, 7) is 3.28. The Bertz CT molecular complexity index is 228. The molecule has 0 radical (unpaired) electrons. The molecule has 0 aliphatic carbocycles. The summed E-state index contributed by atoms with van der Waals surface area (Å²) >= 11 is 0. The average Bonchev–Trinajstić information content (AvgIpc) is 2.12. The van der Waals surface area contributed by atoms with Crippen LogP contribution in [0, 0.1) is 0 Å². The molecule has 0 fully saturated rings. The van der Waals surface area contributed by atoms with Crippen molar-refractivity contribution in [1.29, 1.82) is 0 Å². The molecule has 14 heavy (non-hydrogen) atoms. The van der Waals surface area contributed by atoms with E-state index in [1.165, 1.54) is 21.6 Å². The lowest BCUT2D eigenvalue weighted by atomic mass is 10.4. The number of hydrogen-bond donors (Lipinski definition) is 0. The lowest BCUT2D eigenvalue weighted by molar-refractivity contribution is -0.131. The lowest BCUT2D eigenvalue weighted by Crippen LogP contribution is -2.50. The molecule has 0 aromatic rings. The van der Waals surface area contributed by atoms with Crippen molar-refractivity contribution >= 4 is 11.9 Å². The first-order valence-corrected chi connectivity index (χ1v) is 4.46. The van der Waals surface area contributed by atoms with Crippen molar-refractivity contribution in [3.8, 4) is 0 Å². The third-order valence-electron chi connectivity index (χ3n) is 2.30. The number of carbonyl (C=O) groups excluding carboxylic acids is 2. The summed E-state index contributed by atoms with van der Waals surface area (Å²) in [6.07, 6.45) is -0.234. The second-order valence-corrected chi connectivity index (χ2v) is 3.55. The van der Waals surface area contributed by atoms with Crippen LogP contribution < -0.4 is 0 Å². The number of nitrogens with zero attached hydrogens (tertiary/aromatic N) is 3. The third kappa shape index (κ3) is 2.90. The predicted molar refractivity (Wildman–Crippen MR) is 54.8 cm³/mol. The molecule has 1 unspecified atom stereocenters. The summed E-state index contributed by atoms with van der Waals surface area (Å²) < 4.78 is 0. The summed E-state index contributed by atoms with van der Waals surface area (Å²) in [5.74, 6) is -0.0593. The zero-order chi connectivity index (χ0) is 11.5. The maximum atomic E-state index is 11.5. The van der Waals surface area contributed by atoms with E-state index in [4.69, 9.17) is 0 Å². The fourth-order valence-corrected chi connectivity index (χ4v) is 0.998. The maximum Gasteiger partial charge on any atom is 0.320 e. The maximum absolute atomic E-state index is 11.5. The van der Waals surface area contributed by atoms with Crippen LogP contribution in [0.3, 0.4) is 0 Å². The highest BCUT2D eigenvalue weighted by Crippen LogP contribution is 2.03. The largest absolute Gasteiger partial charge is 0.331 e. The highest BCUT2D eigenvalue weighted by Gasteiger charge is 2.21. The Hall–Kier alpha value is -1.26. The number of carbonyl (C=O) groups is 2. The van der Waals surface area contributed by atoms with Gasteiger partial charge in [0, 0.05) is 35.1 Å². The smallest absolute Gasteiger partial charge is 0.320 e. The molecule has 0 saturated heterocycles. The van der Waals surface area contributed by atoms with E-state index in [1.807, 2.05) is 6.92 Å². The van der Waals surface area contributed by atoms with Crippen molar-refractivity contribution < 1.29 is 9.59 Å². The Morgan fingerprint density at radius 2 is 1.43 bits per heavy atom. The van der Waals surface area contributed by atoms with Crippen molar-refractivity contribution in [1.82, 2.24) is 14.7 Å². The van der Waals surface area contributed by atoms with E-state index < -0.39 is 0 Å². The Morgan fingerprint density at radius 3 is 1.71 bits per heavy atom. The Morgan fingerprint density at radius 1 is 1.00 bits per heavy atom. The van der Waals surface area contributed by atoms with Gasteiger partial charge < -0.3 is 14.7 Å². The van der Waals surface area contributed by atoms with Crippen LogP contribution in [-0.2, 0) is 4.79 Å². The van der Waals surface area contributed by atoms with Gasteiger partial charge in [0.2, 0.25) is 5.91 Å². The molecule has 1 atom stereocenters. The van der Waals surface area contributed by atoms with E-state index in [0.717, 1.165) is 0 Å². The van der Waals surface area contributed by atoms with E-state index in [0.29, 0.717) is 0 Å². The van der Waals surface area contributed by atoms with Gasteiger partial charge in [-0.25, -0.2) is 4.79 Å². The SMILES string of the molecule is CC(=O)N(C)C(C)N(C)C(=O)N(C)C. The van der Waals surface area contributed by atoms with Crippen LogP contribution in [0.1, 0.15) is 13.8 Å². The molecule has 0 rings (SSSR count). The van der Waals surface area contributed by atoms with Gasteiger partial charge in [-0.1, -0.05) is 0 Å². The van der Waals surface area contributed by atoms with E-state index in [1.54, 1.807) is 28.2 Å². The molecule has 0 bridgehead atoms. The predicted octanol–water partition coefficient (Wildman–Crippen LogP) is 0.424. The lowest BCUT2D eigenvalue weighted by Gasteiger charge is -2.33. The molecule has 82 valence electrons. The molecule has 0 aromatic heterocycles. The van der Waals surface area contributed by atoms with Crippen molar-refractivity contribution in [2.45, 2.75) is 20.0 Å². The highest BCUT2D eigenvalue weighted by molar-refractivity contribution is 5.76. The third-order valence-corrected chi connectivity index (χ3v) is 2.30. The Labute approximate surface area is 85.3 Å². The van der Waals surface area contributed by atoms with E-state index in [2.05, 4.69) is 0 Å².